The van der Waals surface area contributed by atoms with Gasteiger partial charge in [0.2, 0.25) is 0 Å². The summed E-state index contributed by atoms with van der Waals surface area (Å²) >= 11 is 0. The molecule has 0 saturated heterocycles. The first kappa shape index (κ1) is 18.5. The number of ether oxygens (including phenoxy) is 2. The molecule has 1 unspecified atom stereocenters. The molecule has 0 radical (unpaired) electrons. The van der Waals surface area contributed by atoms with Crippen LogP contribution in [0.4, 0.5) is 0 Å². The van der Waals surface area contributed by atoms with Crippen molar-refractivity contribution in [3.8, 4) is 17.6 Å². The molecule has 27 heavy (non-hydrogen) atoms. The highest BCUT2D eigenvalue weighted by Crippen LogP contribution is 2.32. The van der Waals surface area contributed by atoms with E-state index in [1.165, 1.54) is 0 Å². The minimum Gasteiger partial charge on any atom is -0.485 e. The summed E-state index contributed by atoms with van der Waals surface area (Å²) in [5.74, 6) is 1.15. The van der Waals surface area contributed by atoms with Crippen molar-refractivity contribution in [1.82, 2.24) is 0 Å². The van der Waals surface area contributed by atoms with Gasteiger partial charge in [0.15, 0.2) is 11.5 Å². The summed E-state index contributed by atoms with van der Waals surface area (Å²) < 4.78 is 11.9. The molecule has 0 aromatic heterocycles. The molecule has 3 aromatic rings. The predicted molar refractivity (Wildman–Crippen MR) is 103 cm³/mol. The first-order valence-electron chi connectivity index (χ1n) is 8.78. The zero-order valence-electron chi connectivity index (χ0n) is 14.9. The second-order valence-corrected chi connectivity index (χ2v) is 6.13. The van der Waals surface area contributed by atoms with Crippen LogP contribution >= 0.6 is 0 Å². The maximum Gasteiger partial charge on any atom is 0.162 e. The molecule has 0 saturated carbocycles. The van der Waals surface area contributed by atoms with Crippen LogP contribution in [0.5, 0.6) is 11.5 Å². The Morgan fingerprint density at radius 1 is 0.778 bits per heavy atom. The summed E-state index contributed by atoms with van der Waals surface area (Å²) in [5, 5.41) is 18.9. The number of hydrogen-bond donors (Lipinski definition) is 1. The standard InChI is InChI=1S/C23H21NO3/c24-14-13-21(25)20-11-12-22(26-16-18-7-3-1-4-8-18)23(15-20)27-17-19-9-5-2-6-10-19/h1-12,15,21,25H,13,16-17H2/i14+1. The Morgan fingerprint density at radius 3 is 1.89 bits per heavy atom. The van der Waals surface area contributed by atoms with Crippen LogP contribution in [0.1, 0.15) is 29.2 Å². The third kappa shape index (κ3) is 5.34. The Kier molecular flexibility index (Phi) is 6.45. The lowest BCUT2D eigenvalue weighted by molar-refractivity contribution is 0.182. The Hall–Kier alpha value is -3.29. The first-order chi connectivity index (χ1) is 13.3. The molecular formula is C23H21NO3. The van der Waals surface area contributed by atoms with Crippen LogP contribution in [0.3, 0.4) is 0 Å². The predicted octanol–water partition coefficient (Wildman–Crippen LogP) is 4.79. The normalized spacial score (nSPS) is 11.4. The lowest BCUT2D eigenvalue weighted by Crippen LogP contribution is -2.03. The monoisotopic (exact) mass is 360 g/mol. The van der Waals surface area contributed by atoms with Crippen LogP contribution in [0.2, 0.25) is 0 Å². The fourth-order valence-corrected chi connectivity index (χ4v) is 2.64. The SMILES string of the molecule is N#[13C]CC(O)c1ccc(OCc2ccccc2)c(OCc2ccccc2)c1. The molecule has 0 aliphatic heterocycles. The summed E-state index contributed by atoms with van der Waals surface area (Å²) in [5.41, 5.74) is 2.72. The molecule has 0 bridgehead atoms. The number of aliphatic hydroxyl groups is 1. The van der Waals surface area contributed by atoms with Crippen molar-refractivity contribution in [2.45, 2.75) is 25.7 Å². The molecule has 136 valence electrons. The number of nitriles is 1. The van der Waals surface area contributed by atoms with Crippen molar-refractivity contribution in [3.05, 3.63) is 95.6 Å². The Bertz CT molecular complexity index is 889. The van der Waals surface area contributed by atoms with Crippen molar-refractivity contribution in [2.75, 3.05) is 0 Å². The van der Waals surface area contributed by atoms with Gasteiger partial charge in [0, 0.05) is 0 Å². The molecule has 1 atom stereocenters. The summed E-state index contributed by atoms with van der Waals surface area (Å²) in [4.78, 5) is 0. The Balaban J connectivity index is 1.78. The zero-order valence-corrected chi connectivity index (χ0v) is 14.9. The van der Waals surface area contributed by atoms with Crippen LogP contribution in [-0.2, 0) is 13.2 Å². The second kappa shape index (κ2) is 9.42. The highest BCUT2D eigenvalue weighted by Gasteiger charge is 2.13. The largest absolute Gasteiger partial charge is 0.485 e. The van der Waals surface area contributed by atoms with E-state index < -0.39 is 6.10 Å². The van der Waals surface area contributed by atoms with Crippen LogP contribution in [0.15, 0.2) is 78.9 Å². The van der Waals surface area contributed by atoms with Crippen LogP contribution in [0, 0.1) is 11.3 Å². The van der Waals surface area contributed by atoms with Crippen molar-refractivity contribution in [3.63, 3.8) is 0 Å². The lowest BCUT2D eigenvalue weighted by atomic mass is 10.1. The van der Waals surface area contributed by atoms with Gasteiger partial charge in [-0.05, 0) is 28.8 Å². The smallest absolute Gasteiger partial charge is 0.162 e. The van der Waals surface area contributed by atoms with Crippen molar-refractivity contribution >= 4 is 0 Å². The Morgan fingerprint density at radius 2 is 1.33 bits per heavy atom. The molecule has 4 nitrogen and oxygen atoms in total. The topological polar surface area (TPSA) is 62.5 Å². The highest BCUT2D eigenvalue weighted by atomic mass is 16.5. The fraction of sp³-hybridized carbons (Fsp3) is 0.174. The van der Waals surface area contributed by atoms with Crippen molar-refractivity contribution in [1.29, 1.82) is 5.26 Å². The van der Waals surface area contributed by atoms with Crippen LogP contribution < -0.4 is 9.47 Å². The van der Waals surface area contributed by atoms with Gasteiger partial charge in [-0.25, -0.2) is 0 Å². The Labute approximate surface area is 159 Å². The molecule has 0 amide bonds. The van der Waals surface area contributed by atoms with E-state index in [1.54, 1.807) is 18.2 Å². The molecule has 0 fully saturated rings. The molecule has 0 aliphatic carbocycles. The summed E-state index contributed by atoms with van der Waals surface area (Å²) in [6.07, 6.45) is -0.820. The molecule has 3 aromatic carbocycles. The van der Waals surface area contributed by atoms with E-state index in [0.29, 0.717) is 30.3 Å². The summed E-state index contributed by atoms with van der Waals surface area (Å²) in [7, 11) is 0. The van der Waals surface area contributed by atoms with Gasteiger partial charge in [-0.3, -0.25) is 0 Å². The van der Waals surface area contributed by atoms with E-state index in [1.807, 2.05) is 66.7 Å². The number of nitrogens with zero attached hydrogens (tertiary/aromatic N) is 1. The maximum absolute atomic E-state index is 10.1. The number of rotatable bonds is 8. The number of benzene rings is 3. The van der Waals surface area contributed by atoms with E-state index in [9.17, 15) is 5.11 Å². The first-order valence-corrected chi connectivity index (χ1v) is 8.78. The molecule has 3 rings (SSSR count). The third-order valence-electron chi connectivity index (χ3n) is 4.11. The van der Waals surface area contributed by atoms with E-state index in [4.69, 9.17) is 14.7 Å². The minimum absolute atomic E-state index is 0.0301. The van der Waals surface area contributed by atoms with Crippen molar-refractivity contribution in [2.24, 2.45) is 0 Å². The second-order valence-electron chi connectivity index (χ2n) is 6.13. The average molecular weight is 360 g/mol. The van der Waals surface area contributed by atoms with Gasteiger partial charge < -0.3 is 14.6 Å². The van der Waals surface area contributed by atoms with Gasteiger partial charge >= 0.3 is 0 Å². The van der Waals surface area contributed by atoms with Gasteiger partial charge in [-0.15, -0.1) is 0 Å². The highest BCUT2D eigenvalue weighted by molar-refractivity contribution is 5.44. The molecule has 0 aliphatic rings. The molecule has 0 spiro atoms. The van der Waals surface area contributed by atoms with E-state index in [-0.39, 0.29) is 6.42 Å². The van der Waals surface area contributed by atoms with Crippen LogP contribution in [-0.4, -0.2) is 5.11 Å². The molecule has 1 N–H and O–H groups in total. The van der Waals surface area contributed by atoms with Gasteiger partial charge in [0.25, 0.3) is 0 Å². The fourth-order valence-electron chi connectivity index (χ4n) is 2.64. The molecule has 4 heteroatoms. The summed E-state index contributed by atoms with van der Waals surface area (Å²) in [6, 6.07) is 27.0. The lowest BCUT2D eigenvalue weighted by Gasteiger charge is -2.16. The zero-order chi connectivity index (χ0) is 18.9. The van der Waals surface area contributed by atoms with E-state index in [2.05, 4.69) is 0 Å². The maximum atomic E-state index is 10.1. The molecular weight excluding hydrogens is 339 g/mol. The van der Waals surface area contributed by atoms with Crippen molar-refractivity contribution < 1.29 is 14.6 Å². The number of hydrogen-bond acceptors (Lipinski definition) is 4. The van der Waals surface area contributed by atoms with Gasteiger partial charge in [-0.2, -0.15) is 5.26 Å². The van der Waals surface area contributed by atoms with E-state index in [0.717, 1.165) is 11.1 Å². The van der Waals surface area contributed by atoms with Gasteiger partial charge in [0.1, 0.15) is 13.2 Å². The third-order valence-corrected chi connectivity index (χ3v) is 4.11. The average Bonchev–Trinajstić information content (AvgIpc) is 2.72. The van der Waals surface area contributed by atoms with E-state index >= 15 is 0 Å². The molecule has 0 heterocycles. The number of aliphatic hydroxyl groups excluding tert-OH is 1. The van der Waals surface area contributed by atoms with Gasteiger partial charge in [-0.1, -0.05) is 66.7 Å². The summed E-state index contributed by atoms with van der Waals surface area (Å²) in [6.45, 7) is 0.809. The van der Waals surface area contributed by atoms with Crippen LogP contribution in [0.25, 0.3) is 0 Å². The minimum atomic E-state index is -0.850. The van der Waals surface area contributed by atoms with Gasteiger partial charge in [0.05, 0.1) is 18.6 Å². The quantitative estimate of drug-likeness (QED) is 0.587.